The molecule has 0 heteroatoms. The standard InChI is InChI=1S/C90H181/c1-9-17-21-25-29-33-37-44-50-56-62-68-74-80-86(13-5)81-75-69-63-57-51-48-42-41-43-49-55-61-67-73-79-85-90(87(14-6)82-76-70-64-58-52-45-38-34-30-26-22-18-10-2,88(15-7)83-77-71-65-59-53-46-39-35-31-27-23-19-11-3)89(16-8)84-78-72-66-60-54-47-40-36-32-28-24-20-12-4/h79,86-89H,9-78,80-85H2,1-8H3. The van der Waals surface area contributed by atoms with E-state index in [-0.39, 0.29) is 0 Å². The van der Waals surface area contributed by atoms with E-state index in [1.807, 2.05) is 0 Å². The van der Waals surface area contributed by atoms with Gasteiger partial charge in [-0.1, -0.05) is 518 Å². The molecular formula is C90H181. The predicted octanol–water partition coefficient (Wildman–Crippen LogP) is 34.4. The van der Waals surface area contributed by atoms with Gasteiger partial charge in [-0.15, -0.1) is 0 Å². The van der Waals surface area contributed by atoms with Crippen LogP contribution < -0.4 is 0 Å². The smallest absolute Gasteiger partial charge is 0.0210 e. The predicted molar refractivity (Wildman–Crippen MR) is 417 cm³/mol. The minimum Gasteiger partial charge on any atom is -0.0654 e. The van der Waals surface area contributed by atoms with E-state index in [0.29, 0.717) is 5.41 Å². The second-order valence-corrected chi connectivity index (χ2v) is 31.5. The van der Waals surface area contributed by atoms with E-state index in [1.54, 1.807) is 0 Å². The molecule has 0 aliphatic carbocycles. The summed E-state index contributed by atoms with van der Waals surface area (Å²) in [5, 5.41) is 0. The molecule has 0 aromatic heterocycles. The lowest BCUT2D eigenvalue weighted by atomic mass is 9.52. The molecule has 0 bridgehead atoms. The van der Waals surface area contributed by atoms with Crippen LogP contribution in [0, 0.1) is 35.5 Å². The lowest BCUT2D eigenvalue weighted by Crippen LogP contribution is -2.45. The maximum absolute atomic E-state index is 2.95. The summed E-state index contributed by atoms with van der Waals surface area (Å²) in [5.41, 5.74) is 0.493. The van der Waals surface area contributed by atoms with Crippen molar-refractivity contribution in [2.24, 2.45) is 29.1 Å². The van der Waals surface area contributed by atoms with Crippen molar-refractivity contribution in [2.45, 2.75) is 543 Å². The Morgan fingerprint density at radius 2 is 0.344 bits per heavy atom. The van der Waals surface area contributed by atoms with E-state index in [1.165, 1.54) is 488 Å². The lowest BCUT2D eigenvalue weighted by molar-refractivity contribution is -0.0252. The van der Waals surface area contributed by atoms with Gasteiger partial charge in [-0.05, 0) is 61.2 Å². The van der Waals surface area contributed by atoms with Crippen LogP contribution in [0.1, 0.15) is 543 Å². The largest absolute Gasteiger partial charge is 0.0654 e. The van der Waals surface area contributed by atoms with Crippen molar-refractivity contribution < 1.29 is 0 Å². The summed E-state index contributed by atoms with van der Waals surface area (Å²) in [7, 11) is 0. The summed E-state index contributed by atoms with van der Waals surface area (Å²) in [5.74, 6) is 3.67. The Kier molecular flexibility index (Phi) is 76.4. The van der Waals surface area contributed by atoms with Crippen molar-refractivity contribution in [3.8, 4) is 0 Å². The molecule has 0 nitrogen and oxygen atoms in total. The number of hydrogen-bond acceptors (Lipinski definition) is 0. The molecule has 541 valence electrons. The topological polar surface area (TPSA) is 0 Å². The van der Waals surface area contributed by atoms with E-state index in [2.05, 4.69) is 61.8 Å². The fourth-order valence-electron chi connectivity index (χ4n) is 17.3. The Bertz CT molecular complexity index is 1150. The lowest BCUT2D eigenvalue weighted by Gasteiger charge is -2.53. The maximum atomic E-state index is 2.95. The van der Waals surface area contributed by atoms with Crippen LogP contribution in [-0.2, 0) is 0 Å². The number of hydrogen-bond donors (Lipinski definition) is 0. The second kappa shape index (κ2) is 76.4. The molecule has 0 aromatic carbocycles. The maximum Gasteiger partial charge on any atom is -0.0210 e. The average Bonchev–Trinajstić information content (AvgIpc) is 2.10. The van der Waals surface area contributed by atoms with Gasteiger partial charge in [0, 0.05) is 0 Å². The summed E-state index contributed by atoms with van der Waals surface area (Å²) in [6, 6.07) is 0. The first-order chi connectivity index (χ1) is 44.6. The molecule has 0 rings (SSSR count). The van der Waals surface area contributed by atoms with Gasteiger partial charge < -0.3 is 0 Å². The quantitative estimate of drug-likeness (QED) is 0.0533. The van der Waals surface area contributed by atoms with Crippen LogP contribution >= 0.6 is 0 Å². The van der Waals surface area contributed by atoms with Crippen molar-refractivity contribution >= 4 is 0 Å². The molecule has 4 unspecified atom stereocenters. The molecule has 0 aliphatic rings. The molecule has 0 aromatic rings. The van der Waals surface area contributed by atoms with Crippen LogP contribution in [0.2, 0.25) is 0 Å². The monoisotopic (exact) mass is 1260 g/mol. The van der Waals surface area contributed by atoms with Gasteiger partial charge in [0.2, 0.25) is 0 Å². The average molecular weight is 1260 g/mol. The van der Waals surface area contributed by atoms with Crippen LogP contribution in [0.3, 0.4) is 0 Å². The molecule has 0 saturated heterocycles. The highest BCUT2D eigenvalue weighted by Gasteiger charge is 2.47. The third-order valence-electron chi connectivity index (χ3n) is 23.5. The Morgan fingerprint density at radius 1 is 0.178 bits per heavy atom. The van der Waals surface area contributed by atoms with E-state index >= 15 is 0 Å². The third-order valence-corrected chi connectivity index (χ3v) is 23.5. The number of rotatable bonds is 81. The van der Waals surface area contributed by atoms with Crippen LogP contribution in [0.4, 0.5) is 0 Å². The van der Waals surface area contributed by atoms with Crippen molar-refractivity contribution in [1.29, 1.82) is 0 Å². The SMILES string of the molecule is CCCCCCCCCCCCCCCC(CC)CCCCCCCCCCCCCCC[CH]CC(C(CC)CCCCCCCCCCCCCCC)(C(CC)CCCCCCCCCCCCCCC)C(CC)CCCCCCCCCCCCCCC. The molecule has 1 radical (unpaired) electrons. The van der Waals surface area contributed by atoms with E-state index in [9.17, 15) is 0 Å². The second-order valence-electron chi connectivity index (χ2n) is 31.5. The zero-order chi connectivity index (χ0) is 65.3. The first kappa shape index (κ1) is 90.0. The summed E-state index contributed by atoms with van der Waals surface area (Å²) in [6.45, 7) is 19.8. The Morgan fingerprint density at radius 3 is 0.522 bits per heavy atom. The number of unbranched alkanes of at least 4 members (excludes halogenated alkanes) is 62. The molecule has 0 aliphatic heterocycles. The third kappa shape index (κ3) is 58.2. The van der Waals surface area contributed by atoms with E-state index < -0.39 is 0 Å². The minimum atomic E-state index is 0.493. The fraction of sp³-hybridized carbons (Fsp3) is 0.989. The molecule has 0 N–H and O–H groups in total. The van der Waals surface area contributed by atoms with Gasteiger partial charge in [0.05, 0.1) is 0 Å². The first-order valence-electron chi connectivity index (χ1n) is 44.4. The molecule has 0 saturated carbocycles. The van der Waals surface area contributed by atoms with E-state index in [4.69, 9.17) is 0 Å². The molecule has 0 spiro atoms. The highest BCUT2D eigenvalue weighted by atomic mass is 14.5. The highest BCUT2D eigenvalue weighted by molar-refractivity contribution is 4.99. The van der Waals surface area contributed by atoms with Crippen molar-refractivity contribution in [3.63, 3.8) is 0 Å². The van der Waals surface area contributed by atoms with Crippen molar-refractivity contribution in [3.05, 3.63) is 6.42 Å². The summed E-state index contributed by atoms with van der Waals surface area (Å²) in [4.78, 5) is 0. The Hall–Kier alpha value is 0. The molecular weight excluding hydrogens is 1080 g/mol. The van der Waals surface area contributed by atoms with Gasteiger partial charge in [0.15, 0.2) is 0 Å². The molecule has 0 amide bonds. The van der Waals surface area contributed by atoms with Crippen LogP contribution in [0.5, 0.6) is 0 Å². The zero-order valence-electron chi connectivity index (χ0n) is 65.1. The van der Waals surface area contributed by atoms with Crippen LogP contribution in [0.25, 0.3) is 0 Å². The van der Waals surface area contributed by atoms with Crippen molar-refractivity contribution in [1.82, 2.24) is 0 Å². The van der Waals surface area contributed by atoms with Gasteiger partial charge in [0.25, 0.3) is 0 Å². The Labute approximate surface area is 575 Å². The normalized spacial score (nSPS) is 14.0. The molecule has 0 heterocycles. The molecule has 0 fully saturated rings. The van der Waals surface area contributed by atoms with Gasteiger partial charge in [-0.2, -0.15) is 0 Å². The zero-order valence-corrected chi connectivity index (χ0v) is 65.1. The van der Waals surface area contributed by atoms with Gasteiger partial charge in [-0.25, -0.2) is 0 Å². The van der Waals surface area contributed by atoms with E-state index in [0.717, 1.165) is 23.7 Å². The summed E-state index contributed by atoms with van der Waals surface area (Å²) >= 11 is 0. The van der Waals surface area contributed by atoms with Crippen molar-refractivity contribution in [2.75, 3.05) is 0 Å². The van der Waals surface area contributed by atoms with Crippen LogP contribution in [-0.4, -0.2) is 0 Å². The highest BCUT2D eigenvalue weighted by Crippen LogP contribution is 2.56. The Balaban J connectivity index is 5.31. The molecule has 4 atom stereocenters. The summed E-state index contributed by atoms with van der Waals surface area (Å²) < 4.78 is 0. The van der Waals surface area contributed by atoms with Gasteiger partial charge in [-0.3, -0.25) is 0 Å². The van der Waals surface area contributed by atoms with Gasteiger partial charge in [0.1, 0.15) is 0 Å². The fourth-order valence-corrected chi connectivity index (χ4v) is 17.3. The van der Waals surface area contributed by atoms with Crippen LogP contribution in [0.15, 0.2) is 0 Å². The summed E-state index contributed by atoms with van der Waals surface area (Å²) in [6.07, 6.45) is 115. The van der Waals surface area contributed by atoms with Gasteiger partial charge >= 0.3 is 0 Å². The minimum absolute atomic E-state index is 0.493. The first-order valence-corrected chi connectivity index (χ1v) is 44.4. The molecule has 90 heavy (non-hydrogen) atoms.